The first-order chi connectivity index (χ1) is 11.2. The molecule has 118 valence electrons. The third kappa shape index (κ3) is 3.24. The Balaban J connectivity index is 2.08. The number of benzene rings is 1. The van der Waals surface area contributed by atoms with Crippen LogP contribution in [0, 0.1) is 17.1 Å². The minimum atomic E-state index is -0.457. The van der Waals surface area contributed by atoms with Gasteiger partial charge in [-0.1, -0.05) is 12.8 Å². The van der Waals surface area contributed by atoms with E-state index < -0.39 is 5.56 Å². The van der Waals surface area contributed by atoms with E-state index in [0.29, 0.717) is 17.2 Å². The predicted molar refractivity (Wildman–Crippen MR) is 85.6 cm³/mol. The van der Waals surface area contributed by atoms with Crippen LogP contribution in [0.3, 0.4) is 0 Å². The SMILES string of the molecule is N#Cc1c(-c2ccc(F)cc2)nc(N2CCCCCC2)[nH]c1=O. The summed E-state index contributed by atoms with van der Waals surface area (Å²) in [6.45, 7) is 1.66. The van der Waals surface area contributed by atoms with Crippen LogP contribution in [0.4, 0.5) is 10.3 Å². The van der Waals surface area contributed by atoms with Crippen LogP contribution in [0.25, 0.3) is 11.3 Å². The van der Waals surface area contributed by atoms with E-state index in [1.165, 1.54) is 37.1 Å². The summed E-state index contributed by atoms with van der Waals surface area (Å²) < 4.78 is 13.1. The second-order valence-electron chi connectivity index (χ2n) is 5.63. The van der Waals surface area contributed by atoms with Crippen molar-refractivity contribution >= 4 is 5.95 Å². The lowest BCUT2D eigenvalue weighted by atomic mass is 10.1. The van der Waals surface area contributed by atoms with Crippen molar-refractivity contribution in [2.45, 2.75) is 25.7 Å². The summed E-state index contributed by atoms with van der Waals surface area (Å²) in [5, 5.41) is 9.26. The monoisotopic (exact) mass is 312 g/mol. The van der Waals surface area contributed by atoms with Gasteiger partial charge < -0.3 is 4.90 Å². The lowest BCUT2D eigenvalue weighted by molar-refractivity contribution is 0.628. The van der Waals surface area contributed by atoms with Gasteiger partial charge in [0, 0.05) is 18.7 Å². The topological polar surface area (TPSA) is 72.8 Å². The quantitative estimate of drug-likeness (QED) is 0.925. The highest BCUT2D eigenvalue weighted by atomic mass is 19.1. The predicted octanol–water partition coefficient (Wildman–Crippen LogP) is 2.83. The lowest BCUT2D eigenvalue weighted by Gasteiger charge is -2.21. The van der Waals surface area contributed by atoms with E-state index in [1.807, 2.05) is 11.0 Å². The van der Waals surface area contributed by atoms with E-state index in [9.17, 15) is 14.4 Å². The fourth-order valence-electron chi connectivity index (χ4n) is 2.81. The zero-order chi connectivity index (χ0) is 16.2. The van der Waals surface area contributed by atoms with Crippen molar-refractivity contribution < 1.29 is 4.39 Å². The van der Waals surface area contributed by atoms with Crippen LogP contribution in [-0.4, -0.2) is 23.1 Å². The Kier molecular flexibility index (Phi) is 4.38. The average Bonchev–Trinajstić information content (AvgIpc) is 2.84. The number of anilines is 1. The molecule has 1 aromatic carbocycles. The zero-order valence-electron chi connectivity index (χ0n) is 12.7. The molecule has 2 heterocycles. The van der Waals surface area contributed by atoms with Gasteiger partial charge in [-0.2, -0.15) is 5.26 Å². The van der Waals surface area contributed by atoms with Gasteiger partial charge in [0.2, 0.25) is 5.95 Å². The maximum absolute atomic E-state index is 13.1. The molecule has 1 aliphatic heterocycles. The van der Waals surface area contributed by atoms with E-state index >= 15 is 0 Å². The van der Waals surface area contributed by atoms with Gasteiger partial charge in [0.15, 0.2) is 0 Å². The summed E-state index contributed by atoms with van der Waals surface area (Å²) in [4.78, 5) is 21.5. The normalized spacial score (nSPS) is 15.0. The first-order valence-corrected chi connectivity index (χ1v) is 7.74. The third-order valence-corrected chi connectivity index (χ3v) is 4.04. The molecule has 1 N–H and O–H groups in total. The van der Waals surface area contributed by atoms with Gasteiger partial charge in [-0.25, -0.2) is 9.37 Å². The first-order valence-electron chi connectivity index (χ1n) is 7.74. The van der Waals surface area contributed by atoms with Gasteiger partial charge in [0.05, 0.1) is 5.69 Å². The van der Waals surface area contributed by atoms with Crippen molar-refractivity contribution in [1.82, 2.24) is 9.97 Å². The molecule has 0 aliphatic carbocycles. The van der Waals surface area contributed by atoms with Crippen LogP contribution in [0.1, 0.15) is 31.2 Å². The largest absolute Gasteiger partial charge is 0.342 e. The van der Waals surface area contributed by atoms with E-state index in [4.69, 9.17) is 0 Å². The molecule has 0 unspecified atom stereocenters. The number of halogens is 1. The van der Waals surface area contributed by atoms with Crippen LogP contribution in [-0.2, 0) is 0 Å². The molecule has 2 aromatic rings. The lowest BCUT2D eigenvalue weighted by Crippen LogP contribution is -2.29. The van der Waals surface area contributed by atoms with Gasteiger partial charge >= 0.3 is 0 Å². The molecule has 1 aliphatic rings. The highest BCUT2D eigenvalue weighted by Crippen LogP contribution is 2.22. The summed E-state index contributed by atoms with van der Waals surface area (Å²) in [5.74, 6) is 0.111. The molecule has 1 fully saturated rings. The van der Waals surface area contributed by atoms with Crippen molar-refractivity contribution in [3.05, 3.63) is 46.0 Å². The van der Waals surface area contributed by atoms with Crippen LogP contribution in [0.5, 0.6) is 0 Å². The van der Waals surface area contributed by atoms with Crippen molar-refractivity contribution in [1.29, 1.82) is 5.26 Å². The molecule has 1 saturated heterocycles. The minimum absolute atomic E-state index is 0.0461. The summed E-state index contributed by atoms with van der Waals surface area (Å²) in [7, 11) is 0. The smallest absolute Gasteiger partial charge is 0.270 e. The molecule has 0 saturated carbocycles. The Bertz CT molecular complexity index is 784. The Labute approximate surface area is 133 Å². The Morgan fingerprint density at radius 2 is 1.78 bits per heavy atom. The molecular weight excluding hydrogens is 295 g/mol. The Hall–Kier alpha value is -2.68. The molecule has 6 heteroatoms. The fourth-order valence-corrected chi connectivity index (χ4v) is 2.81. The minimum Gasteiger partial charge on any atom is -0.342 e. The summed E-state index contributed by atoms with van der Waals surface area (Å²) in [6.07, 6.45) is 4.44. The van der Waals surface area contributed by atoms with Crippen molar-refractivity contribution in [2.75, 3.05) is 18.0 Å². The van der Waals surface area contributed by atoms with Crippen molar-refractivity contribution in [3.63, 3.8) is 0 Å². The molecule has 23 heavy (non-hydrogen) atoms. The number of H-pyrrole nitrogens is 1. The van der Waals surface area contributed by atoms with Gasteiger partial charge in [-0.3, -0.25) is 9.78 Å². The molecule has 0 radical (unpaired) electrons. The molecule has 1 aromatic heterocycles. The van der Waals surface area contributed by atoms with E-state index in [2.05, 4.69) is 9.97 Å². The highest BCUT2D eigenvalue weighted by molar-refractivity contribution is 5.67. The van der Waals surface area contributed by atoms with Gasteiger partial charge in [0.25, 0.3) is 5.56 Å². The highest BCUT2D eigenvalue weighted by Gasteiger charge is 2.18. The van der Waals surface area contributed by atoms with Crippen molar-refractivity contribution in [3.8, 4) is 17.3 Å². The summed E-state index contributed by atoms with van der Waals surface area (Å²) in [6, 6.07) is 7.56. The maximum atomic E-state index is 13.1. The van der Waals surface area contributed by atoms with Crippen LogP contribution >= 0.6 is 0 Å². The van der Waals surface area contributed by atoms with Crippen molar-refractivity contribution in [2.24, 2.45) is 0 Å². The maximum Gasteiger partial charge on any atom is 0.270 e. The molecule has 0 atom stereocenters. The van der Waals surface area contributed by atoms with E-state index in [0.717, 1.165) is 25.9 Å². The average molecular weight is 312 g/mol. The third-order valence-electron chi connectivity index (χ3n) is 4.04. The molecule has 0 spiro atoms. The van der Waals surface area contributed by atoms with Gasteiger partial charge in [-0.05, 0) is 37.1 Å². The molecule has 5 nitrogen and oxygen atoms in total. The van der Waals surface area contributed by atoms with Crippen LogP contribution in [0.15, 0.2) is 29.1 Å². The summed E-state index contributed by atoms with van der Waals surface area (Å²) >= 11 is 0. The molecule has 0 amide bonds. The van der Waals surface area contributed by atoms with E-state index in [-0.39, 0.29) is 11.4 Å². The number of nitriles is 1. The van der Waals surface area contributed by atoms with Crippen LogP contribution in [0.2, 0.25) is 0 Å². The van der Waals surface area contributed by atoms with Crippen LogP contribution < -0.4 is 10.5 Å². The standard InChI is InChI=1S/C17H17FN4O/c18-13-7-5-12(6-8-13)15-14(11-19)16(23)21-17(20-15)22-9-3-1-2-4-10-22/h5-8H,1-4,9-10H2,(H,20,21,23). The molecule has 0 bridgehead atoms. The van der Waals surface area contributed by atoms with Gasteiger partial charge in [-0.15, -0.1) is 0 Å². The molecular formula is C17H17FN4O. The Morgan fingerprint density at radius 3 is 2.39 bits per heavy atom. The zero-order valence-corrected chi connectivity index (χ0v) is 12.7. The second kappa shape index (κ2) is 6.61. The van der Waals surface area contributed by atoms with E-state index in [1.54, 1.807) is 0 Å². The second-order valence-corrected chi connectivity index (χ2v) is 5.63. The fraction of sp³-hybridized carbons (Fsp3) is 0.353. The number of aromatic nitrogens is 2. The Morgan fingerprint density at radius 1 is 1.13 bits per heavy atom. The number of hydrogen-bond acceptors (Lipinski definition) is 4. The number of rotatable bonds is 2. The number of nitrogens with one attached hydrogen (secondary N) is 1. The number of hydrogen-bond donors (Lipinski definition) is 1. The molecule has 3 rings (SSSR count). The first kappa shape index (κ1) is 15.2. The summed E-state index contributed by atoms with van der Waals surface area (Å²) in [5.41, 5.74) is 0.358. The van der Waals surface area contributed by atoms with Gasteiger partial charge in [0.1, 0.15) is 17.4 Å². The number of nitrogens with zero attached hydrogens (tertiary/aromatic N) is 3. The number of aromatic amines is 1.